The molecule has 19 heavy (non-hydrogen) atoms. The summed E-state index contributed by atoms with van der Waals surface area (Å²) in [6.45, 7) is 0. The molecule has 0 saturated heterocycles. The van der Waals surface area contributed by atoms with Crippen LogP contribution in [0.25, 0.3) is 0 Å². The van der Waals surface area contributed by atoms with E-state index in [-0.39, 0.29) is 11.8 Å². The number of carboxylic acids is 1. The van der Waals surface area contributed by atoms with Gasteiger partial charge in [-0.3, -0.25) is 10.1 Å². The minimum absolute atomic E-state index is 0.0921. The van der Waals surface area contributed by atoms with Gasteiger partial charge in [-0.2, -0.15) is 0 Å². The van der Waals surface area contributed by atoms with Crippen molar-refractivity contribution < 1.29 is 19.6 Å². The van der Waals surface area contributed by atoms with E-state index in [9.17, 15) is 14.9 Å². The van der Waals surface area contributed by atoms with Crippen LogP contribution in [0.5, 0.6) is 11.8 Å². The van der Waals surface area contributed by atoms with Crippen molar-refractivity contribution >= 4 is 11.7 Å². The molecule has 1 aromatic heterocycles. The Hall–Kier alpha value is -3.03. The largest absolute Gasteiger partial charge is 0.477 e. The van der Waals surface area contributed by atoms with Gasteiger partial charge in [0.1, 0.15) is 0 Å². The maximum absolute atomic E-state index is 11.1. The molecule has 8 nitrogen and oxygen atoms in total. The molecule has 0 saturated carbocycles. The Balaban J connectivity index is 2.48. The number of ether oxygens (including phenoxy) is 1. The number of nitro benzene ring substituents is 1. The fourth-order valence-corrected chi connectivity index (χ4v) is 1.41. The second-order valence-electron chi connectivity index (χ2n) is 3.35. The van der Waals surface area contributed by atoms with E-state index < -0.39 is 22.1 Å². The van der Waals surface area contributed by atoms with Gasteiger partial charge in [-0.05, 0) is 12.1 Å². The predicted octanol–water partition coefficient (Wildman–Crippen LogP) is 1.88. The minimum atomic E-state index is -1.46. The maximum Gasteiger partial charge on any atom is 0.346 e. The van der Waals surface area contributed by atoms with Crippen LogP contribution in [-0.2, 0) is 0 Å². The second kappa shape index (κ2) is 5.08. The van der Waals surface area contributed by atoms with Crippen molar-refractivity contribution in [2.24, 2.45) is 0 Å². The summed E-state index contributed by atoms with van der Waals surface area (Å²) in [6.07, 6.45) is 2.81. The number of carboxylic acid groups (broad SMARTS) is 1. The van der Waals surface area contributed by atoms with E-state index in [0.717, 1.165) is 6.07 Å². The van der Waals surface area contributed by atoms with Crippen molar-refractivity contribution in [1.29, 1.82) is 0 Å². The van der Waals surface area contributed by atoms with Gasteiger partial charge in [0.2, 0.25) is 0 Å². The Bertz CT molecular complexity index is 629. The van der Waals surface area contributed by atoms with Crippen LogP contribution in [0.4, 0.5) is 5.69 Å². The van der Waals surface area contributed by atoms with E-state index >= 15 is 0 Å². The number of aromatic nitrogens is 2. The number of carbonyl (C=O) groups is 1. The summed E-state index contributed by atoms with van der Waals surface area (Å²) in [4.78, 5) is 28.6. The highest BCUT2D eigenvalue weighted by Crippen LogP contribution is 2.30. The second-order valence-corrected chi connectivity index (χ2v) is 3.35. The van der Waals surface area contributed by atoms with Crippen LogP contribution in [0.3, 0.4) is 0 Å². The summed E-state index contributed by atoms with van der Waals surface area (Å²) in [5.41, 5.74) is -1.10. The first kappa shape index (κ1) is 12.4. The highest BCUT2D eigenvalue weighted by molar-refractivity contribution is 5.95. The lowest BCUT2D eigenvalue weighted by Crippen LogP contribution is -2.05. The molecule has 0 aliphatic rings. The molecule has 2 aromatic rings. The third kappa shape index (κ3) is 2.63. The van der Waals surface area contributed by atoms with Crippen LogP contribution >= 0.6 is 0 Å². The molecule has 96 valence electrons. The molecular formula is C11H7N3O5. The SMILES string of the molecule is O=C(O)c1c(Oc2ncccn2)cccc1[N+](=O)[O-]. The molecule has 2 rings (SSSR count). The molecule has 0 radical (unpaired) electrons. The number of hydrogen-bond acceptors (Lipinski definition) is 6. The number of benzene rings is 1. The van der Waals surface area contributed by atoms with Crippen molar-refractivity contribution in [2.75, 3.05) is 0 Å². The highest BCUT2D eigenvalue weighted by Gasteiger charge is 2.25. The van der Waals surface area contributed by atoms with E-state index in [1.54, 1.807) is 6.07 Å². The number of nitro groups is 1. The van der Waals surface area contributed by atoms with Gasteiger partial charge in [0.05, 0.1) is 4.92 Å². The lowest BCUT2D eigenvalue weighted by Gasteiger charge is -2.06. The van der Waals surface area contributed by atoms with E-state index in [1.165, 1.54) is 24.5 Å². The number of nitrogens with zero attached hydrogens (tertiary/aromatic N) is 3. The van der Waals surface area contributed by atoms with Gasteiger partial charge >= 0.3 is 12.0 Å². The monoisotopic (exact) mass is 261 g/mol. The molecule has 0 spiro atoms. The summed E-state index contributed by atoms with van der Waals surface area (Å²) in [5, 5.41) is 19.8. The average molecular weight is 261 g/mol. The van der Waals surface area contributed by atoms with Gasteiger partial charge in [-0.1, -0.05) is 6.07 Å². The fourth-order valence-electron chi connectivity index (χ4n) is 1.41. The predicted molar refractivity (Wildman–Crippen MR) is 62.2 cm³/mol. The third-order valence-corrected chi connectivity index (χ3v) is 2.16. The van der Waals surface area contributed by atoms with Crippen molar-refractivity contribution in [3.63, 3.8) is 0 Å². The van der Waals surface area contributed by atoms with Crippen LogP contribution in [0.1, 0.15) is 10.4 Å². The van der Waals surface area contributed by atoms with E-state index in [0.29, 0.717) is 0 Å². The van der Waals surface area contributed by atoms with Gasteiger partial charge in [0.15, 0.2) is 11.3 Å². The number of aromatic carboxylic acids is 1. The van der Waals surface area contributed by atoms with Gasteiger partial charge in [-0.25, -0.2) is 14.8 Å². The summed E-state index contributed by atoms with van der Waals surface area (Å²) in [6, 6.07) is 5.17. The summed E-state index contributed by atoms with van der Waals surface area (Å²) >= 11 is 0. The van der Waals surface area contributed by atoms with Crippen LogP contribution < -0.4 is 4.74 Å². The Morgan fingerprint density at radius 2 is 1.95 bits per heavy atom. The molecule has 0 unspecified atom stereocenters. The molecular weight excluding hydrogens is 254 g/mol. The fraction of sp³-hybridized carbons (Fsp3) is 0. The molecule has 0 amide bonds. The maximum atomic E-state index is 11.1. The summed E-state index contributed by atoms with van der Waals surface area (Å²) in [7, 11) is 0. The molecule has 8 heteroatoms. The molecule has 1 N–H and O–H groups in total. The Morgan fingerprint density at radius 3 is 2.53 bits per heavy atom. The zero-order chi connectivity index (χ0) is 13.8. The third-order valence-electron chi connectivity index (χ3n) is 2.16. The van der Waals surface area contributed by atoms with Crippen molar-refractivity contribution in [2.45, 2.75) is 0 Å². The Kier molecular flexibility index (Phi) is 3.33. The highest BCUT2D eigenvalue weighted by atomic mass is 16.6. The standard InChI is InChI=1S/C11H7N3O5/c15-10(16)9-7(14(17)18)3-1-4-8(9)19-11-12-5-2-6-13-11/h1-6H,(H,15,16). The quantitative estimate of drug-likeness (QED) is 0.659. The van der Waals surface area contributed by atoms with E-state index in [1.807, 2.05) is 0 Å². The first-order chi connectivity index (χ1) is 9.09. The molecule has 1 heterocycles. The van der Waals surface area contributed by atoms with E-state index in [2.05, 4.69) is 9.97 Å². The summed E-state index contributed by atoms with van der Waals surface area (Å²) < 4.78 is 5.15. The van der Waals surface area contributed by atoms with Gasteiger partial charge in [0.25, 0.3) is 5.69 Å². The lowest BCUT2D eigenvalue weighted by molar-refractivity contribution is -0.385. The van der Waals surface area contributed by atoms with Crippen molar-refractivity contribution in [1.82, 2.24) is 9.97 Å². The molecule has 0 aliphatic heterocycles. The zero-order valence-corrected chi connectivity index (χ0v) is 9.39. The van der Waals surface area contributed by atoms with Crippen molar-refractivity contribution in [3.05, 3.63) is 52.3 Å². The average Bonchev–Trinajstić information content (AvgIpc) is 2.39. The van der Waals surface area contributed by atoms with Crippen LogP contribution in [-0.4, -0.2) is 26.0 Å². The van der Waals surface area contributed by atoms with Crippen molar-refractivity contribution in [3.8, 4) is 11.8 Å². The van der Waals surface area contributed by atoms with Gasteiger partial charge in [0, 0.05) is 18.5 Å². The Labute approximate surface area is 106 Å². The van der Waals surface area contributed by atoms with Gasteiger partial charge < -0.3 is 9.84 Å². The lowest BCUT2D eigenvalue weighted by atomic mass is 10.1. The molecule has 1 aromatic carbocycles. The van der Waals surface area contributed by atoms with Crippen LogP contribution in [0.2, 0.25) is 0 Å². The molecule has 0 atom stereocenters. The van der Waals surface area contributed by atoms with Crippen LogP contribution in [0.15, 0.2) is 36.7 Å². The first-order valence-electron chi connectivity index (χ1n) is 5.05. The summed E-state index contributed by atoms with van der Waals surface area (Å²) in [5.74, 6) is -1.65. The topological polar surface area (TPSA) is 115 Å². The smallest absolute Gasteiger partial charge is 0.346 e. The minimum Gasteiger partial charge on any atom is -0.477 e. The van der Waals surface area contributed by atoms with Gasteiger partial charge in [-0.15, -0.1) is 0 Å². The zero-order valence-electron chi connectivity index (χ0n) is 9.39. The number of rotatable bonds is 4. The molecule has 0 fully saturated rings. The first-order valence-corrected chi connectivity index (χ1v) is 5.05. The normalized spacial score (nSPS) is 9.89. The Morgan fingerprint density at radius 1 is 1.26 bits per heavy atom. The van der Waals surface area contributed by atoms with E-state index in [4.69, 9.17) is 9.84 Å². The molecule has 0 bridgehead atoms. The molecule has 0 aliphatic carbocycles. The number of hydrogen-bond donors (Lipinski definition) is 1. The van der Waals surface area contributed by atoms with Crippen LogP contribution in [0, 0.1) is 10.1 Å².